The Balaban J connectivity index is 6.06. The van der Waals surface area contributed by atoms with Gasteiger partial charge in [0.05, 0.1) is 8.07 Å². The molecule has 1 heteroatoms. The quantitative estimate of drug-likeness (QED) is 0.120. The highest BCUT2D eigenvalue weighted by Crippen LogP contribution is 2.44. The first-order valence-electron chi connectivity index (χ1n) is 16.0. The van der Waals surface area contributed by atoms with Gasteiger partial charge in [-0.3, -0.25) is 0 Å². The van der Waals surface area contributed by atoms with E-state index >= 15 is 0 Å². The van der Waals surface area contributed by atoms with Crippen LogP contribution in [0.1, 0.15) is 158 Å². The highest BCUT2D eigenvalue weighted by Gasteiger charge is 2.39. The molecule has 0 radical (unpaired) electrons. The van der Waals surface area contributed by atoms with E-state index in [1.807, 2.05) is 0 Å². The molecule has 0 aliphatic heterocycles. The van der Waals surface area contributed by atoms with E-state index in [2.05, 4.69) is 55.4 Å². The second-order valence-corrected chi connectivity index (χ2v) is 16.6. The molecule has 0 aromatic carbocycles. The third-order valence-electron chi connectivity index (χ3n) is 9.06. The fourth-order valence-electron chi connectivity index (χ4n) is 6.72. The van der Waals surface area contributed by atoms with Crippen molar-refractivity contribution >= 4 is 8.07 Å². The first-order valence-corrected chi connectivity index (χ1v) is 18.8. The Bertz CT molecular complexity index is 326. The summed E-state index contributed by atoms with van der Waals surface area (Å²) in [5, 5.41) is 0. The lowest BCUT2D eigenvalue weighted by atomic mass is 10.0. The minimum atomic E-state index is -1.33. The van der Waals surface area contributed by atoms with Gasteiger partial charge in [0.15, 0.2) is 0 Å². The molecule has 0 aliphatic rings. The van der Waals surface area contributed by atoms with Crippen molar-refractivity contribution in [2.75, 3.05) is 0 Å². The van der Waals surface area contributed by atoms with Crippen LogP contribution in [0, 0.1) is 23.7 Å². The van der Waals surface area contributed by atoms with E-state index in [0.717, 1.165) is 23.7 Å². The molecule has 0 aliphatic carbocycles. The summed E-state index contributed by atoms with van der Waals surface area (Å²) >= 11 is 0. The second-order valence-electron chi connectivity index (χ2n) is 12.0. The van der Waals surface area contributed by atoms with Gasteiger partial charge in [0.2, 0.25) is 0 Å². The first-order chi connectivity index (χ1) is 16.0. The Morgan fingerprint density at radius 2 is 0.576 bits per heavy atom. The van der Waals surface area contributed by atoms with E-state index < -0.39 is 8.07 Å². The Kier molecular flexibility index (Phi) is 21.6. The summed E-state index contributed by atoms with van der Waals surface area (Å²) in [6.07, 6.45) is 23.1. The molecule has 0 fully saturated rings. The normalized spacial score (nSPS) is 17.5. The Morgan fingerprint density at radius 1 is 0.364 bits per heavy atom. The average molecular weight is 481 g/mol. The molecule has 0 saturated carbocycles. The zero-order chi connectivity index (χ0) is 25.0. The van der Waals surface area contributed by atoms with Gasteiger partial charge in [-0.2, -0.15) is 0 Å². The van der Waals surface area contributed by atoms with E-state index in [9.17, 15) is 0 Å². The topological polar surface area (TPSA) is 0 Å². The van der Waals surface area contributed by atoms with Crippen molar-refractivity contribution in [1.82, 2.24) is 0 Å². The predicted octanol–water partition coefficient (Wildman–Crippen LogP) is 12.3. The van der Waals surface area contributed by atoms with Crippen LogP contribution in [0.4, 0.5) is 0 Å². The van der Waals surface area contributed by atoms with E-state index in [1.165, 1.54) is 103 Å². The lowest BCUT2D eigenvalue weighted by Crippen LogP contribution is -2.42. The van der Waals surface area contributed by atoms with Crippen molar-refractivity contribution in [1.29, 1.82) is 0 Å². The summed E-state index contributed by atoms with van der Waals surface area (Å²) in [4.78, 5) is 0. The van der Waals surface area contributed by atoms with Crippen molar-refractivity contribution in [3.8, 4) is 0 Å². The van der Waals surface area contributed by atoms with Gasteiger partial charge in [0.25, 0.3) is 0 Å². The zero-order valence-corrected chi connectivity index (χ0v) is 26.0. The monoisotopic (exact) mass is 481 g/mol. The molecule has 200 valence electrons. The molecule has 0 bridgehead atoms. The van der Waals surface area contributed by atoms with Crippen LogP contribution in [0.5, 0.6) is 0 Å². The molecular formula is C32H68Si. The fourth-order valence-corrected chi connectivity index (χ4v) is 14.6. The summed E-state index contributed by atoms with van der Waals surface area (Å²) in [5.41, 5.74) is 0. The molecule has 0 amide bonds. The highest BCUT2D eigenvalue weighted by molar-refractivity contribution is 6.80. The van der Waals surface area contributed by atoms with Gasteiger partial charge in [0.1, 0.15) is 0 Å². The average Bonchev–Trinajstić information content (AvgIpc) is 2.84. The molecule has 0 saturated heterocycles. The Hall–Kier alpha value is 0.217. The summed E-state index contributed by atoms with van der Waals surface area (Å²) < 4.78 is 0. The van der Waals surface area contributed by atoms with Gasteiger partial charge in [-0.25, -0.2) is 0 Å². The van der Waals surface area contributed by atoms with Crippen LogP contribution < -0.4 is 0 Å². The first kappa shape index (κ1) is 33.2. The van der Waals surface area contributed by atoms with Crippen molar-refractivity contribution < 1.29 is 0 Å². The number of unbranched alkanes of at least 4 members (excludes halogenated alkanes) is 4. The molecule has 0 aromatic heterocycles. The summed E-state index contributed by atoms with van der Waals surface area (Å²) in [7, 11) is -1.33. The van der Waals surface area contributed by atoms with E-state index in [4.69, 9.17) is 0 Å². The molecule has 33 heavy (non-hydrogen) atoms. The van der Waals surface area contributed by atoms with Crippen LogP contribution in [0.3, 0.4) is 0 Å². The number of rotatable bonds is 24. The number of hydrogen-bond acceptors (Lipinski definition) is 0. The molecule has 0 nitrogen and oxygen atoms in total. The third-order valence-corrected chi connectivity index (χ3v) is 14.8. The maximum absolute atomic E-state index is 2.51. The zero-order valence-electron chi connectivity index (χ0n) is 25.0. The molecule has 4 atom stereocenters. The Morgan fingerprint density at radius 3 is 0.727 bits per heavy atom. The van der Waals surface area contributed by atoms with Crippen molar-refractivity contribution in [3.63, 3.8) is 0 Å². The van der Waals surface area contributed by atoms with Crippen LogP contribution in [-0.2, 0) is 0 Å². The minimum absolute atomic E-state index is 1.01. The number of hydrogen-bond donors (Lipinski definition) is 0. The standard InChI is InChI=1S/C32H68Si/c1-9-17-21-29(13-5)25-33(26-30(14-6)22-18-10-2,27-31(15-7)23-19-11-3)28-32(16-8)24-20-12-4/h29-32H,9-28H2,1-8H3. The van der Waals surface area contributed by atoms with E-state index in [0.29, 0.717) is 0 Å². The molecule has 0 aromatic rings. The van der Waals surface area contributed by atoms with Gasteiger partial charge in [-0.1, -0.05) is 182 Å². The Labute approximate surface area is 213 Å². The second kappa shape index (κ2) is 21.5. The minimum Gasteiger partial charge on any atom is -0.0654 e. The molecule has 0 spiro atoms. The largest absolute Gasteiger partial charge is 0.0654 e. The molecular weight excluding hydrogens is 412 g/mol. The maximum atomic E-state index is 2.51. The lowest BCUT2D eigenvalue weighted by Gasteiger charge is -2.42. The highest BCUT2D eigenvalue weighted by atomic mass is 28.3. The predicted molar refractivity (Wildman–Crippen MR) is 158 cm³/mol. The molecule has 4 unspecified atom stereocenters. The molecule has 0 rings (SSSR count). The van der Waals surface area contributed by atoms with Gasteiger partial charge in [-0.05, 0) is 23.7 Å². The third kappa shape index (κ3) is 15.0. The van der Waals surface area contributed by atoms with Crippen LogP contribution in [-0.4, -0.2) is 8.07 Å². The van der Waals surface area contributed by atoms with Crippen LogP contribution >= 0.6 is 0 Å². The van der Waals surface area contributed by atoms with Gasteiger partial charge >= 0.3 is 0 Å². The maximum Gasteiger partial charge on any atom is 0.0546 e. The van der Waals surface area contributed by atoms with Gasteiger partial charge in [0, 0.05) is 0 Å². The van der Waals surface area contributed by atoms with Crippen molar-refractivity contribution in [3.05, 3.63) is 0 Å². The van der Waals surface area contributed by atoms with Crippen LogP contribution in [0.25, 0.3) is 0 Å². The van der Waals surface area contributed by atoms with Crippen molar-refractivity contribution in [2.24, 2.45) is 23.7 Å². The van der Waals surface area contributed by atoms with Crippen LogP contribution in [0.15, 0.2) is 0 Å². The lowest BCUT2D eigenvalue weighted by molar-refractivity contribution is 0.427. The summed E-state index contributed by atoms with van der Waals surface area (Å²) in [6.45, 7) is 19.6. The van der Waals surface area contributed by atoms with Gasteiger partial charge < -0.3 is 0 Å². The van der Waals surface area contributed by atoms with E-state index in [1.54, 1.807) is 24.2 Å². The molecule has 0 N–H and O–H groups in total. The van der Waals surface area contributed by atoms with E-state index in [-0.39, 0.29) is 0 Å². The summed E-state index contributed by atoms with van der Waals surface area (Å²) in [6, 6.07) is 6.66. The fraction of sp³-hybridized carbons (Fsp3) is 1.00. The van der Waals surface area contributed by atoms with Gasteiger partial charge in [-0.15, -0.1) is 0 Å². The van der Waals surface area contributed by atoms with Crippen LogP contribution in [0.2, 0.25) is 24.2 Å². The SMILES string of the molecule is CCCCC(CC)C[Si](CC(CC)CCCC)(CC(CC)CCCC)CC(CC)CCCC. The smallest absolute Gasteiger partial charge is 0.0546 e. The molecule has 0 heterocycles. The summed E-state index contributed by atoms with van der Waals surface area (Å²) in [5.74, 6) is 4.03. The van der Waals surface area contributed by atoms with Crippen molar-refractivity contribution in [2.45, 2.75) is 182 Å².